The number of rotatable bonds is 3. The first-order valence-corrected chi connectivity index (χ1v) is 5.94. The molecule has 0 spiro atoms. The molecule has 0 aliphatic heterocycles. The zero-order valence-corrected chi connectivity index (χ0v) is 10.8. The number of hydrogen-bond acceptors (Lipinski definition) is 3. The maximum Gasteiger partial charge on any atom is 0.260 e. The number of carbonyl (C=O) groups is 1. The van der Waals surface area contributed by atoms with E-state index in [1.54, 1.807) is 6.92 Å². The van der Waals surface area contributed by atoms with Crippen molar-refractivity contribution in [1.29, 1.82) is 0 Å². The van der Waals surface area contributed by atoms with Gasteiger partial charge in [0.15, 0.2) is 0 Å². The van der Waals surface area contributed by atoms with Gasteiger partial charge in [-0.3, -0.25) is 4.79 Å². The number of nitrogens with one attached hydrogen (secondary N) is 1. The predicted octanol–water partition coefficient (Wildman–Crippen LogP) is 3.11. The summed E-state index contributed by atoms with van der Waals surface area (Å²) in [5, 5.41) is 6.43. The van der Waals surface area contributed by atoms with Gasteiger partial charge in [0.05, 0.1) is 6.20 Å². The van der Waals surface area contributed by atoms with Crippen molar-refractivity contribution >= 4 is 11.6 Å². The van der Waals surface area contributed by atoms with Crippen molar-refractivity contribution in [2.24, 2.45) is 0 Å². The molecule has 1 heterocycles. The molecule has 4 heteroatoms. The highest BCUT2D eigenvalue weighted by Gasteiger charge is 2.13. The second-order valence-corrected chi connectivity index (χ2v) is 4.24. The van der Waals surface area contributed by atoms with Crippen LogP contribution in [0.5, 0.6) is 0 Å². The lowest BCUT2D eigenvalue weighted by Crippen LogP contribution is -2.12. The molecule has 1 aromatic carbocycles. The van der Waals surface area contributed by atoms with E-state index in [2.05, 4.69) is 17.4 Å². The Bertz CT molecular complexity index is 573. The van der Waals surface area contributed by atoms with E-state index >= 15 is 0 Å². The minimum atomic E-state index is -0.197. The largest absolute Gasteiger partial charge is 0.361 e. The van der Waals surface area contributed by atoms with Crippen molar-refractivity contribution in [3.05, 3.63) is 46.8 Å². The summed E-state index contributed by atoms with van der Waals surface area (Å²) in [7, 11) is 0. The van der Waals surface area contributed by atoms with Gasteiger partial charge in [-0.05, 0) is 43.5 Å². The molecule has 0 atom stereocenters. The van der Waals surface area contributed by atoms with E-state index in [1.807, 2.05) is 25.1 Å². The molecule has 0 radical (unpaired) electrons. The molecule has 2 rings (SSSR count). The second kappa shape index (κ2) is 5.04. The van der Waals surface area contributed by atoms with Gasteiger partial charge in [0, 0.05) is 5.69 Å². The Labute approximate surface area is 106 Å². The summed E-state index contributed by atoms with van der Waals surface area (Å²) < 4.78 is 4.87. The zero-order chi connectivity index (χ0) is 13.1. The van der Waals surface area contributed by atoms with Crippen molar-refractivity contribution in [2.75, 3.05) is 5.32 Å². The fourth-order valence-corrected chi connectivity index (χ4v) is 1.89. The van der Waals surface area contributed by atoms with Crippen LogP contribution in [-0.4, -0.2) is 11.1 Å². The average Bonchev–Trinajstić information content (AvgIpc) is 2.76. The molecule has 0 aliphatic carbocycles. The van der Waals surface area contributed by atoms with Gasteiger partial charge in [-0.25, -0.2) is 0 Å². The van der Waals surface area contributed by atoms with Crippen LogP contribution in [0.25, 0.3) is 0 Å². The van der Waals surface area contributed by atoms with E-state index in [4.69, 9.17) is 4.52 Å². The number of aromatic nitrogens is 1. The lowest BCUT2D eigenvalue weighted by atomic mass is 10.1. The van der Waals surface area contributed by atoms with Crippen LogP contribution in [0.4, 0.5) is 5.69 Å². The molecule has 0 saturated heterocycles. The van der Waals surface area contributed by atoms with Gasteiger partial charge in [0.25, 0.3) is 5.91 Å². The van der Waals surface area contributed by atoms with Crippen molar-refractivity contribution in [3.63, 3.8) is 0 Å². The zero-order valence-electron chi connectivity index (χ0n) is 10.8. The summed E-state index contributed by atoms with van der Waals surface area (Å²) >= 11 is 0. The van der Waals surface area contributed by atoms with Crippen molar-refractivity contribution in [3.8, 4) is 0 Å². The van der Waals surface area contributed by atoms with Crippen LogP contribution in [0, 0.1) is 13.8 Å². The van der Waals surface area contributed by atoms with Crippen LogP contribution in [0.1, 0.15) is 34.2 Å². The lowest BCUT2D eigenvalue weighted by molar-refractivity contribution is 0.102. The Morgan fingerprint density at radius 3 is 2.72 bits per heavy atom. The lowest BCUT2D eigenvalue weighted by Gasteiger charge is -2.08. The third kappa shape index (κ3) is 2.42. The molecule has 18 heavy (non-hydrogen) atoms. The predicted molar refractivity (Wildman–Crippen MR) is 69.8 cm³/mol. The van der Waals surface area contributed by atoms with E-state index in [1.165, 1.54) is 17.3 Å². The molecule has 0 fully saturated rings. The number of aryl methyl sites for hydroxylation is 3. The Morgan fingerprint density at radius 2 is 2.17 bits per heavy atom. The molecule has 1 N–H and O–H groups in total. The first-order valence-electron chi connectivity index (χ1n) is 5.94. The molecule has 4 nitrogen and oxygen atoms in total. The summed E-state index contributed by atoms with van der Waals surface area (Å²) in [5.41, 5.74) is 3.72. The van der Waals surface area contributed by atoms with E-state index in [9.17, 15) is 4.79 Å². The van der Waals surface area contributed by atoms with Gasteiger partial charge < -0.3 is 9.84 Å². The van der Waals surface area contributed by atoms with Crippen LogP contribution < -0.4 is 5.32 Å². The van der Waals surface area contributed by atoms with E-state index in [-0.39, 0.29) is 5.91 Å². The number of benzene rings is 1. The highest BCUT2D eigenvalue weighted by atomic mass is 16.5. The fourth-order valence-electron chi connectivity index (χ4n) is 1.89. The topological polar surface area (TPSA) is 55.1 Å². The molecule has 94 valence electrons. The monoisotopic (exact) mass is 244 g/mol. The number of amides is 1. The van der Waals surface area contributed by atoms with Crippen LogP contribution in [0.2, 0.25) is 0 Å². The quantitative estimate of drug-likeness (QED) is 0.902. The standard InChI is InChI=1S/C14H16N2O2/c1-4-11-5-6-12(7-9(11)2)16-14(17)13-8-15-18-10(13)3/h5-8H,4H2,1-3H3,(H,16,17). The summed E-state index contributed by atoms with van der Waals surface area (Å²) in [5.74, 6) is 0.326. The Morgan fingerprint density at radius 1 is 1.39 bits per heavy atom. The Balaban J connectivity index is 2.17. The van der Waals surface area contributed by atoms with Gasteiger partial charge in [-0.15, -0.1) is 0 Å². The number of anilines is 1. The molecular formula is C14H16N2O2. The summed E-state index contributed by atoms with van der Waals surface area (Å²) in [6.07, 6.45) is 2.42. The van der Waals surface area contributed by atoms with Crippen LogP contribution in [0.15, 0.2) is 28.9 Å². The maximum atomic E-state index is 12.0. The highest BCUT2D eigenvalue weighted by molar-refractivity contribution is 6.04. The minimum absolute atomic E-state index is 0.197. The number of carbonyl (C=O) groups excluding carboxylic acids is 1. The van der Waals surface area contributed by atoms with E-state index < -0.39 is 0 Å². The van der Waals surface area contributed by atoms with Crippen molar-refractivity contribution in [1.82, 2.24) is 5.16 Å². The summed E-state index contributed by atoms with van der Waals surface area (Å²) in [6, 6.07) is 5.91. The van der Waals surface area contributed by atoms with Crippen molar-refractivity contribution in [2.45, 2.75) is 27.2 Å². The first kappa shape index (κ1) is 12.4. The third-order valence-corrected chi connectivity index (χ3v) is 2.98. The molecule has 0 aliphatic rings. The van der Waals surface area contributed by atoms with Crippen LogP contribution in [0.3, 0.4) is 0 Å². The molecular weight excluding hydrogens is 228 g/mol. The van der Waals surface area contributed by atoms with Crippen molar-refractivity contribution < 1.29 is 9.32 Å². The summed E-state index contributed by atoms with van der Waals surface area (Å²) in [6.45, 7) is 5.87. The van der Waals surface area contributed by atoms with Gasteiger partial charge >= 0.3 is 0 Å². The smallest absolute Gasteiger partial charge is 0.260 e. The second-order valence-electron chi connectivity index (χ2n) is 4.24. The Kier molecular flexibility index (Phi) is 3.46. The van der Waals surface area contributed by atoms with Gasteiger partial charge in [-0.1, -0.05) is 18.1 Å². The summed E-state index contributed by atoms with van der Waals surface area (Å²) in [4.78, 5) is 12.0. The molecule has 0 saturated carbocycles. The fraction of sp³-hybridized carbons (Fsp3) is 0.286. The van der Waals surface area contributed by atoms with Crippen LogP contribution >= 0.6 is 0 Å². The Hall–Kier alpha value is -2.10. The maximum absolute atomic E-state index is 12.0. The third-order valence-electron chi connectivity index (χ3n) is 2.98. The van der Waals surface area contributed by atoms with Gasteiger partial charge in [-0.2, -0.15) is 0 Å². The average molecular weight is 244 g/mol. The SMILES string of the molecule is CCc1ccc(NC(=O)c2cnoc2C)cc1C. The molecule has 0 bridgehead atoms. The molecule has 0 unspecified atom stereocenters. The van der Waals surface area contributed by atoms with Crippen LogP contribution in [-0.2, 0) is 6.42 Å². The molecule has 2 aromatic rings. The normalized spacial score (nSPS) is 10.4. The van der Waals surface area contributed by atoms with Gasteiger partial charge in [0.2, 0.25) is 0 Å². The van der Waals surface area contributed by atoms with E-state index in [0.29, 0.717) is 11.3 Å². The molecule has 1 aromatic heterocycles. The van der Waals surface area contributed by atoms with Gasteiger partial charge in [0.1, 0.15) is 11.3 Å². The number of nitrogens with zero attached hydrogens (tertiary/aromatic N) is 1. The minimum Gasteiger partial charge on any atom is -0.361 e. The van der Waals surface area contributed by atoms with E-state index in [0.717, 1.165) is 12.1 Å². The molecule has 1 amide bonds. The highest BCUT2D eigenvalue weighted by Crippen LogP contribution is 2.17. The number of hydrogen-bond donors (Lipinski definition) is 1. The first-order chi connectivity index (χ1) is 8.61.